The molecule has 5 nitrogen and oxygen atoms in total. The highest BCUT2D eigenvalue weighted by molar-refractivity contribution is 9.10. The summed E-state index contributed by atoms with van der Waals surface area (Å²) in [5.74, 6) is 0.909. The summed E-state index contributed by atoms with van der Waals surface area (Å²) in [7, 11) is 3.10. The number of benzene rings is 1. The lowest BCUT2D eigenvalue weighted by Crippen LogP contribution is -2.22. The molecular formula is C18H17BrN2O3S2. The van der Waals surface area contributed by atoms with Crippen LogP contribution in [-0.2, 0) is 6.54 Å². The average molecular weight is 453 g/mol. The normalized spacial score (nSPS) is 10.6. The van der Waals surface area contributed by atoms with Crippen LogP contribution in [0.15, 0.2) is 34.1 Å². The van der Waals surface area contributed by atoms with Crippen LogP contribution in [0.25, 0.3) is 10.6 Å². The van der Waals surface area contributed by atoms with E-state index in [9.17, 15) is 4.79 Å². The third-order valence-corrected chi connectivity index (χ3v) is 6.33. The molecule has 3 rings (SSSR count). The van der Waals surface area contributed by atoms with Gasteiger partial charge in [-0.25, -0.2) is 4.98 Å². The molecule has 2 aromatic heterocycles. The lowest BCUT2D eigenvalue weighted by atomic mass is 10.2. The van der Waals surface area contributed by atoms with E-state index in [0.29, 0.717) is 28.1 Å². The molecule has 1 amide bonds. The molecule has 2 heterocycles. The van der Waals surface area contributed by atoms with Crippen LogP contribution in [0.3, 0.4) is 0 Å². The van der Waals surface area contributed by atoms with Gasteiger partial charge < -0.3 is 14.8 Å². The number of hydrogen-bond donors (Lipinski definition) is 1. The molecule has 0 radical (unpaired) electrons. The number of halogens is 1. The van der Waals surface area contributed by atoms with Crippen LogP contribution in [0.5, 0.6) is 11.5 Å². The second-order valence-corrected chi connectivity index (χ2v) is 8.42. The number of ether oxygens (including phenoxy) is 2. The SMILES string of the molecule is COc1cc(C(=O)NCc2ccc(-c3csc(C)n3)s2)cc(OC)c1Br. The molecule has 3 aromatic rings. The highest BCUT2D eigenvalue weighted by Crippen LogP contribution is 2.35. The van der Waals surface area contributed by atoms with E-state index in [1.165, 1.54) is 0 Å². The number of carbonyl (C=O) groups excluding carboxylic acids is 1. The average Bonchev–Trinajstić information content (AvgIpc) is 3.28. The molecule has 0 fully saturated rings. The lowest BCUT2D eigenvalue weighted by molar-refractivity contribution is 0.0950. The number of aromatic nitrogens is 1. The smallest absolute Gasteiger partial charge is 0.251 e. The molecule has 0 saturated heterocycles. The van der Waals surface area contributed by atoms with Crippen molar-refractivity contribution in [1.29, 1.82) is 0 Å². The number of aryl methyl sites for hydroxylation is 1. The van der Waals surface area contributed by atoms with E-state index in [1.54, 1.807) is 49.0 Å². The van der Waals surface area contributed by atoms with Crippen LogP contribution in [0.1, 0.15) is 20.2 Å². The summed E-state index contributed by atoms with van der Waals surface area (Å²) >= 11 is 6.66. The zero-order valence-electron chi connectivity index (χ0n) is 14.5. The number of thiophene rings is 1. The molecule has 0 atom stereocenters. The van der Waals surface area contributed by atoms with E-state index in [-0.39, 0.29) is 5.91 Å². The van der Waals surface area contributed by atoms with E-state index >= 15 is 0 Å². The van der Waals surface area contributed by atoms with Gasteiger partial charge in [-0.1, -0.05) is 0 Å². The second kappa shape index (κ2) is 8.20. The Balaban J connectivity index is 1.70. The van der Waals surface area contributed by atoms with Crippen molar-refractivity contribution in [3.8, 4) is 22.1 Å². The third kappa shape index (κ3) is 4.08. The molecule has 0 spiro atoms. The van der Waals surface area contributed by atoms with Gasteiger partial charge in [0.2, 0.25) is 0 Å². The molecule has 1 aromatic carbocycles. The van der Waals surface area contributed by atoms with Crippen LogP contribution in [0.4, 0.5) is 0 Å². The summed E-state index contributed by atoms with van der Waals surface area (Å²) in [6.07, 6.45) is 0. The zero-order valence-corrected chi connectivity index (χ0v) is 17.7. The number of thiazole rings is 1. The van der Waals surface area contributed by atoms with E-state index in [0.717, 1.165) is 20.5 Å². The molecule has 26 heavy (non-hydrogen) atoms. The number of rotatable bonds is 6. The van der Waals surface area contributed by atoms with Crippen LogP contribution in [0, 0.1) is 6.92 Å². The maximum Gasteiger partial charge on any atom is 0.251 e. The Morgan fingerprint density at radius 3 is 2.50 bits per heavy atom. The van der Waals surface area contributed by atoms with Crippen molar-refractivity contribution in [2.45, 2.75) is 13.5 Å². The number of amides is 1. The molecule has 0 aliphatic carbocycles. The van der Waals surface area contributed by atoms with Gasteiger partial charge >= 0.3 is 0 Å². The summed E-state index contributed by atoms with van der Waals surface area (Å²) in [4.78, 5) is 19.2. The first-order valence-electron chi connectivity index (χ1n) is 7.72. The minimum atomic E-state index is -0.187. The number of hydrogen-bond acceptors (Lipinski definition) is 6. The van der Waals surface area contributed by atoms with Gasteiger partial charge in [0.1, 0.15) is 16.0 Å². The van der Waals surface area contributed by atoms with E-state index in [4.69, 9.17) is 9.47 Å². The summed E-state index contributed by atoms with van der Waals surface area (Å²) in [6.45, 7) is 2.44. The maximum atomic E-state index is 12.5. The number of nitrogens with zero attached hydrogens (tertiary/aromatic N) is 1. The molecule has 8 heteroatoms. The Morgan fingerprint density at radius 1 is 1.23 bits per heavy atom. The van der Waals surface area contributed by atoms with Gasteiger partial charge in [0, 0.05) is 15.8 Å². The molecule has 0 unspecified atom stereocenters. The van der Waals surface area contributed by atoms with Crippen LogP contribution in [-0.4, -0.2) is 25.1 Å². The van der Waals surface area contributed by atoms with Gasteiger partial charge in [0.15, 0.2) is 0 Å². The molecule has 0 aliphatic rings. The van der Waals surface area contributed by atoms with Crippen molar-refractivity contribution in [2.24, 2.45) is 0 Å². The summed E-state index contributed by atoms with van der Waals surface area (Å²) in [5.41, 5.74) is 1.46. The topological polar surface area (TPSA) is 60.5 Å². The van der Waals surface area contributed by atoms with E-state index in [2.05, 4.69) is 26.2 Å². The van der Waals surface area contributed by atoms with E-state index in [1.807, 2.05) is 24.4 Å². The molecule has 0 bridgehead atoms. The Hall–Kier alpha value is -1.90. The predicted octanol–water partition coefficient (Wildman–Crippen LogP) is 4.89. The van der Waals surface area contributed by atoms with Gasteiger partial charge in [-0.2, -0.15) is 0 Å². The van der Waals surface area contributed by atoms with Crippen LogP contribution >= 0.6 is 38.6 Å². The van der Waals surface area contributed by atoms with Crippen molar-refractivity contribution >= 4 is 44.5 Å². The minimum absolute atomic E-state index is 0.187. The Bertz CT molecular complexity index is 911. The van der Waals surface area contributed by atoms with Crippen molar-refractivity contribution in [2.75, 3.05) is 14.2 Å². The summed E-state index contributed by atoms with van der Waals surface area (Å²) in [5, 5.41) is 6.02. The van der Waals surface area contributed by atoms with Crippen molar-refractivity contribution < 1.29 is 14.3 Å². The van der Waals surface area contributed by atoms with Crippen molar-refractivity contribution in [3.05, 3.63) is 49.6 Å². The molecule has 0 saturated carbocycles. The van der Waals surface area contributed by atoms with E-state index < -0.39 is 0 Å². The molecule has 1 N–H and O–H groups in total. The highest BCUT2D eigenvalue weighted by atomic mass is 79.9. The van der Waals surface area contributed by atoms with Crippen molar-refractivity contribution in [1.82, 2.24) is 10.3 Å². The van der Waals surface area contributed by atoms with Crippen LogP contribution < -0.4 is 14.8 Å². The van der Waals surface area contributed by atoms with Gasteiger partial charge in [0.05, 0.1) is 36.3 Å². The predicted molar refractivity (Wildman–Crippen MR) is 109 cm³/mol. The Labute approximate surface area is 168 Å². The monoisotopic (exact) mass is 452 g/mol. The minimum Gasteiger partial charge on any atom is -0.495 e. The fourth-order valence-corrected chi connectivity index (χ4v) is 4.51. The number of methoxy groups -OCH3 is 2. The molecular weight excluding hydrogens is 436 g/mol. The zero-order chi connectivity index (χ0) is 18.7. The Morgan fingerprint density at radius 2 is 1.92 bits per heavy atom. The third-order valence-electron chi connectivity index (χ3n) is 3.66. The maximum absolute atomic E-state index is 12.5. The van der Waals surface area contributed by atoms with Gasteiger partial charge in [-0.15, -0.1) is 22.7 Å². The number of nitrogens with one attached hydrogen (secondary N) is 1. The fourth-order valence-electron chi connectivity index (χ4n) is 2.36. The first-order valence-corrected chi connectivity index (χ1v) is 10.2. The van der Waals surface area contributed by atoms with Crippen LogP contribution in [0.2, 0.25) is 0 Å². The second-order valence-electron chi connectivity index (χ2n) is 5.40. The summed E-state index contributed by atoms with van der Waals surface area (Å²) in [6, 6.07) is 7.41. The van der Waals surface area contributed by atoms with Crippen molar-refractivity contribution in [3.63, 3.8) is 0 Å². The Kier molecular flexibility index (Phi) is 5.95. The fraction of sp³-hybridized carbons (Fsp3) is 0.222. The largest absolute Gasteiger partial charge is 0.495 e. The molecule has 136 valence electrons. The summed E-state index contributed by atoms with van der Waals surface area (Å²) < 4.78 is 11.3. The number of carbonyl (C=O) groups is 1. The lowest BCUT2D eigenvalue weighted by Gasteiger charge is -2.11. The van der Waals surface area contributed by atoms with Gasteiger partial charge in [-0.3, -0.25) is 4.79 Å². The quantitative estimate of drug-likeness (QED) is 0.578. The molecule has 0 aliphatic heterocycles. The first kappa shape index (κ1) is 18.9. The van der Waals surface area contributed by atoms with Gasteiger partial charge in [0.25, 0.3) is 5.91 Å². The van der Waals surface area contributed by atoms with Gasteiger partial charge in [-0.05, 0) is 47.1 Å². The first-order chi connectivity index (χ1) is 12.5. The highest BCUT2D eigenvalue weighted by Gasteiger charge is 2.15. The standard InChI is InChI=1S/C18H17BrN2O3S2/c1-10-21-13(9-25-10)16-5-4-12(26-16)8-20-18(22)11-6-14(23-2)17(19)15(7-11)24-3/h4-7,9H,8H2,1-3H3,(H,20,22).